The molecule has 3 aromatic carbocycles. The third-order valence-corrected chi connectivity index (χ3v) is 21.7. The number of carbonyl (C=O) groups is 1. The van der Waals surface area contributed by atoms with Gasteiger partial charge in [-0.15, -0.1) is 0 Å². The zero-order valence-corrected chi connectivity index (χ0v) is 46.2. The minimum atomic E-state index is -4.37. The Hall–Kier alpha value is -5.87. The number of benzene rings is 3. The van der Waals surface area contributed by atoms with Gasteiger partial charge in [-0.25, -0.2) is 19.0 Å². The number of aromatic amines is 1. The van der Waals surface area contributed by atoms with Gasteiger partial charge >= 0.3 is 32.5 Å². The number of fused-ring (bicyclic) bond motifs is 4. The highest BCUT2D eigenvalue weighted by Crippen LogP contribution is 2.68. The van der Waals surface area contributed by atoms with Crippen LogP contribution in [0.4, 0.5) is 11.4 Å². The van der Waals surface area contributed by atoms with Crippen LogP contribution in [0.1, 0.15) is 56.3 Å². The fourth-order valence-corrected chi connectivity index (χ4v) is 17.2. The summed E-state index contributed by atoms with van der Waals surface area (Å²) in [4.78, 5) is 67.3. The number of aromatic carboxylic acids is 1. The van der Waals surface area contributed by atoms with Crippen LogP contribution in [0.15, 0.2) is 90.1 Å². The van der Waals surface area contributed by atoms with Crippen molar-refractivity contribution in [1.82, 2.24) is 19.4 Å². The number of hydrogen-bond donors (Lipinski definition) is 6. The van der Waals surface area contributed by atoms with Crippen LogP contribution in [-0.4, -0.2) is 120 Å². The third kappa shape index (κ3) is 12.8. The van der Waals surface area contributed by atoms with Crippen LogP contribution in [0.25, 0.3) is 50.1 Å². The van der Waals surface area contributed by atoms with Gasteiger partial charge in [0.05, 0.1) is 35.3 Å². The van der Waals surface area contributed by atoms with E-state index >= 15 is 0 Å². The summed E-state index contributed by atoms with van der Waals surface area (Å²) in [5, 5.41) is 29.5. The second kappa shape index (κ2) is 24.2. The molecule has 3 aromatic heterocycles. The number of nitrogens with one attached hydrogen (secondary N) is 3. The average Bonchev–Trinajstić information content (AvgIpc) is 3.81. The van der Waals surface area contributed by atoms with Gasteiger partial charge in [-0.1, -0.05) is 18.2 Å². The fourth-order valence-electron chi connectivity index (χ4n) is 8.87. The third-order valence-electron chi connectivity index (χ3n) is 12.9. The van der Waals surface area contributed by atoms with Gasteiger partial charge in [0, 0.05) is 88.0 Å². The topological polar surface area (TPSA) is 304 Å². The van der Waals surface area contributed by atoms with Gasteiger partial charge in [-0.3, -0.25) is 28.0 Å². The number of carboxylic acids is 1. The van der Waals surface area contributed by atoms with Gasteiger partial charge in [-0.2, -0.15) is 0 Å². The molecule has 4 heterocycles. The first-order valence-corrected chi connectivity index (χ1v) is 29.9. The summed E-state index contributed by atoms with van der Waals surface area (Å²) in [7, 11) is -9.80. The number of rotatable bonds is 22. The molecule has 0 radical (unpaired) electrons. The number of nitrogens with zero attached hydrogens (tertiary/aromatic N) is 3. The van der Waals surface area contributed by atoms with E-state index in [1.54, 1.807) is 18.2 Å². The first-order valence-electron chi connectivity index (χ1n) is 24.0. The van der Waals surface area contributed by atoms with Gasteiger partial charge in [0.1, 0.15) is 53.8 Å². The molecule has 1 aliphatic heterocycles. The molecule has 0 saturated carbocycles. The molecule has 27 heteroatoms. The molecule has 0 bridgehead atoms. The predicted octanol–water partition coefficient (Wildman–Crippen LogP) is 6.74. The number of hydrogen-bond acceptors (Lipinski definition) is 17. The Bertz CT molecular complexity index is 3640. The summed E-state index contributed by atoms with van der Waals surface area (Å²) in [6.45, 7) is 10.5. The van der Waals surface area contributed by atoms with E-state index < -0.39 is 82.3 Å². The largest absolute Gasteiger partial charge is 0.478 e. The molecule has 6 unspecified atom stereocenters. The summed E-state index contributed by atoms with van der Waals surface area (Å²) < 4.78 is 80.2. The standard InChI is InChI=1S/C49H59N6O17P3S/c1-8-53(9-2)31-15-18-34-38(22-31)71-44-35-19-16-32(54(10-3)11-4)23-39(35)72-47(60)43(44)42(34)33-17-14-30(21-36(33)46(58)59)51-48(76)50-20-12-13-29-25-55(49(61)52-45(29)57)41-24-37(56)40(70-41)26-69-75(65,68-7)28-73(62,66-5)27-74(63,64)67-6/h12-19,21-23,25,37,40-41,56H,8-11,20,24,26-28H2,1-7H3,(H4,50,52,57,58,59,61,63,64,76)/p+1. The first-order chi connectivity index (χ1) is 36.1. The summed E-state index contributed by atoms with van der Waals surface area (Å²) in [6.07, 6.45) is 0.395. The van der Waals surface area contributed by atoms with Gasteiger partial charge < -0.3 is 62.3 Å². The molecule has 0 spiro atoms. The second-order valence-electron chi connectivity index (χ2n) is 17.5. The van der Waals surface area contributed by atoms with Crippen LogP contribution in [0, 0.1) is 0 Å². The molecule has 1 fully saturated rings. The predicted molar refractivity (Wildman–Crippen MR) is 293 cm³/mol. The van der Waals surface area contributed by atoms with Crippen LogP contribution in [-0.2, 0) is 36.5 Å². The van der Waals surface area contributed by atoms with Gasteiger partial charge in [-0.05, 0) is 75.8 Å². The van der Waals surface area contributed by atoms with E-state index in [-0.39, 0.29) is 45.7 Å². The highest BCUT2D eigenvalue weighted by atomic mass is 32.1. The van der Waals surface area contributed by atoms with E-state index in [4.69, 9.17) is 39.4 Å². The van der Waals surface area contributed by atoms with Crippen molar-refractivity contribution >= 4 is 96.2 Å². The Morgan fingerprint density at radius 3 is 2.30 bits per heavy atom. The lowest BCUT2D eigenvalue weighted by atomic mass is 9.93. The van der Waals surface area contributed by atoms with Crippen molar-refractivity contribution in [2.75, 3.05) is 82.7 Å². The minimum Gasteiger partial charge on any atom is -0.478 e. The van der Waals surface area contributed by atoms with E-state index in [0.29, 0.717) is 33.2 Å². The van der Waals surface area contributed by atoms with Crippen molar-refractivity contribution in [3.63, 3.8) is 0 Å². The maximum atomic E-state index is 14.2. The number of anilines is 2. The molecule has 0 aliphatic carbocycles. The van der Waals surface area contributed by atoms with Crippen LogP contribution in [0.2, 0.25) is 0 Å². The van der Waals surface area contributed by atoms with Crippen molar-refractivity contribution in [2.24, 2.45) is 0 Å². The molecule has 1 saturated heterocycles. The smallest absolute Gasteiger partial charge is 0.348 e. The Morgan fingerprint density at radius 1 is 0.934 bits per heavy atom. The SMILES string of the molecule is CCN(CC)c1ccc2c(-c3ccc(NC(=S)NCC=Cc4cn(C5CC(O)C(COP(=O)(CP(=O)(CP(=O)(O)OC)OC)OC)O5)c(=O)[nH]c4=O)cc3C(=O)O)c3c(=O)oc4cc(=[N+](CC)CC)ccc4c3oc2c1. The first kappa shape index (κ1) is 57.8. The van der Waals surface area contributed by atoms with Crippen molar-refractivity contribution in [3.8, 4) is 11.1 Å². The second-order valence-corrected chi connectivity index (χ2v) is 25.6. The Balaban J connectivity index is 1.09. The summed E-state index contributed by atoms with van der Waals surface area (Å²) >= 11 is 5.54. The molecule has 6 N–H and O–H groups in total. The lowest BCUT2D eigenvalue weighted by molar-refractivity contribution is -0.0427. The summed E-state index contributed by atoms with van der Waals surface area (Å²) in [6, 6.07) is 15.8. The van der Waals surface area contributed by atoms with Gasteiger partial charge in [0.15, 0.2) is 10.7 Å². The molecule has 76 heavy (non-hydrogen) atoms. The number of aliphatic hydroxyl groups excluding tert-OH is 1. The lowest BCUT2D eigenvalue weighted by Crippen LogP contribution is -2.33. The van der Waals surface area contributed by atoms with E-state index in [2.05, 4.69) is 29.6 Å². The number of aliphatic hydroxyl groups is 1. The van der Waals surface area contributed by atoms with Gasteiger partial charge in [0.25, 0.3) is 5.56 Å². The van der Waals surface area contributed by atoms with E-state index in [0.717, 1.165) is 63.1 Å². The Kier molecular flexibility index (Phi) is 18.4. The number of thiocarbonyl (C=S) groups is 1. The molecule has 0 amide bonds. The number of carboxylic acid groups (broad SMARTS) is 1. The monoisotopic (exact) mass is 1130 g/mol. The maximum Gasteiger partial charge on any atom is 0.348 e. The summed E-state index contributed by atoms with van der Waals surface area (Å²) in [5.41, 5.74) is 0.268. The van der Waals surface area contributed by atoms with E-state index in [1.807, 2.05) is 58.0 Å². The van der Waals surface area contributed by atoms with Crippen LogP contribution in [0.3, 0.4) is 0 Å². The van der Waals surface area contributed by atoms with Crippen molar-refractivity contribution < 1.29 is 65.3 Å². The molecular weight excluding hydrogens is 1070 g/mol. The van der Waals surface area contributed by atoms with Crippen molar-refractivity contribution in [1.29, 1.82) is 0 Å². The zero-order chi connectivity index (χ0) is 55.3. The normalized spacial score (nSPS) is 18.1. The summed E-state index contributed by atoms with van der Waals surface area (Å²) in [5.74, 6) is -3.14. The number of ether oxygens (including phenoxy) is 1. The average molecular weight is 1130 g/mol. The van der Waals surface area contributed by atoms with Crippen LogP contribution >= 0.6 is 34.8 Å². The molecule has 6 atom stereocenters. The number of H-pyrrole nitrogens is 1. The highest BCUT2D eigenvalue weighted by Gasteiger charge is 2.43. The minimum absolute atomic E-state index is 0.0145. The molecular formula is C49H60N6O17P3S+. The molecule has 408 valence electrons. The van der Waals surface area contributed by atoms with Crippen molar-refractivity contribution in [3.05, 3.63) is 115 Å². The lowest BCUT2D eigenvalue weighted by Gasteiger charge is -2.24. The van der Waals surface area contributed by atoms with Gasteiger partial charge in [0.2, 0.25) is 12.7 Å². The van der Waals surface area contributed by atoms with E-state index in [9.17, 15) is 48.0 Å². The van der Waals surface area contributed by atoms with Crippen LogP contribution in [0.5, 0.6) is 0 Å². The fraction of sp³-hybridized carbons (Fsp3) is 0.388. The molecule has 23 nitrogen and oxygen atoms in total. The number of aromatic nitrogens is 2. The maximum absolute atomic E-state index is 14.2. The van der Waals surface area contributed by atoms with Crippen LogP contribution < -0.4 is 42.3 Å². The highest BCUT2D eigenvalue weighted by molar-refractivity contribution is 7.80. The Labute approximate surface area is 440 Å². The quantitative estimate of drug-likeness (QED) is 0.0102. The van der Waals surface area contributed by atoms with E-state index in [1.165, 1.54) is 24.4 Å². The molecule has 6 aromatic rings. The molecule has 1 aliphatic rings. The Morgan fingerprint density at radius 2 is 1.64 bits per heavy atom. The zero-order valence-electron chi connectivity index (χ0n) is 42.7. The molecule has 7 rings (SSSR count). The van der Waals surface area contributed by atoms with Crippen molar-refractivity contribution in [2.45, 2.75) is 52.6 Å².